The molecule has 0 aliphatic heterocycles. The van der Waals surface area contributed by atoms with Gasteiger partial charge in [0, 0.05) is 6.07 Å². The molecule has 7 nitrogen and oxygen atoms in total. The van der Waals surface area contributed by atoms with Crippen LogP contribution in [0.25, 0.3) is 16.7 Å². The molecule has 0 radical (unpaired) electrons. The molecule has 0 amide bonds. The van der Waals surface area contributed by atoms with Crippen LogP contribution in [0.2, 0.25) is 0 Å². The number of nitrogens with zero attached hydrogens (tertiary/aromatic N) is 3. The largest absolute Gasteiger partial charge is 0.493 e. The number of unbranched alkanes of at least 4 members (excludes halogenated alkanes) is 5. The normalized spacial score (nSPS) is 10.9. The van der Waals surface area contributed by atoms with Crippen LogP contribution in [0.15, 0.2) is 36.4 Å². The lowest BCUT2D eigenvalue weighted by Crippen LogP contribution is -2.02. The Morgan fingerprint density at radius 2 is 1.67 bits per heavy atom. The Morgan fingerprint density at radius 1 is 0.900 bits per heavy atom. The minimum Gasteiger partial charge on any atom is -0.493 e. The predicted molar refractivity (Wildman–Crippen MR) is 116 cm³/mol. The number of rotatable bonds is 11. The molecule has 1 aromatic heterocycles. The minimum atomic E-state index is -0.403. The average molecular weight is 412 g/mol. The maximum atomic E-state index is 11.7. The molecule has 3 rings (SSSR count). The van der Waals surface area contributed by atoms with Crippen molar-refractivity contribution in [3.63, 3.8) is 0 Å². The second kappa shape index (κ2) is 10.6. The van der Waals surface area contributed by atoms with Crippen molar-refractivity contribution in [2.24, 2.45) is 0 Å². The smallest absolute Gasteiger partial charge is 0.337 e. The number of hydrogen-bond acceptors (Lipinski definition) is 6. The summed E-state index contributed by atoms with van der Waals surface area (Å²) in [6, 6.07) is 10.7. The summed E-state index contributed by atoms with van der Waals surface area (Å²) in [5.74, 6) is 0.939. The van der Waals surface area contributed by atoms with Gasteiger partial charge in [0.1, 0.15) is 11.0 Å². The van der Waals surface area contributed by atoms with Gasteiger partial charge in [-0.3, -0.25) is 0 Å². The first-order valence-corrected chi connectivity index (χ1v) is 10.4. The number of carbonyl (C=O) groups is 1. The van der Waals surface area contributed by atoms with Crippen LogP contribution in [-0.4, -0.2) is 41.8 Å². The molecule has 0 aliphatic rings. The van der Waals surface area contributed by atoms with Gasteiger partial charge in [-0.1, -0.05) is 39.0 Å². The zero-order valence-electron chi connectivity index (χ0n) is 17.9. The number of ether oxygens (including phenoxy) is 3. The Morgan fingerprint density at radius 3 is 2.43 bits per heavy atom. The van der Waals surface area contributed by atoms with Crippen LogP contribution in [0.5, 0.6) is 11.5 Å². The van der Waals surface area contributed by atoms with Gasteiger partial charge in [0.15, 0.2) is 11.5 Å². The number of methoxy groups -OCH3 is 2. The van der Waals surface area contributed by atoms with Gasteiger partial charge in [0.2, 0.25) is 0 Å². The zero-order valence-corrected chi connectivity index (χ0v) is 17.9. The van der Waals surface area contributed by atoms with Gasteiger partial charge >= 0.3 is 5.97 Å². The summed E-state index contributed by atoms with van der Waals surface area (Å²) in [4.78, 5) is 13.2. The van der Waals surface area contributed by atoms with Crippen molar-refractivity contribution in [3.8, 4) is 17.2 Å². The van der Waals surface area contributed by atoms with Crippen LogP contribution < -0.4 is 9.47 Å². The molecule has 7 heteroatoms. The lowest BCUT2D eigenvalue weighted by Gasteiger charge is -2.12. The summed E-state index contributed by atoms with van der Waals surface area (Å²) in [7, 11) is 2.97. The van der Waals surface area contributed by atoms with Crippen molar-refractivity contribution in [1.29, 1.82) is 0 Å². The van der Waals surface area contributed by atoms with Crippen molar-refractivity contribution in [2.45, 2.75) is 45.4 Å². The van der Waals surface area contributed by atoms with Crippen LogP contribution >= 0.6 is 0 Å². The molecular formula is C23H29N3O4. The summed E-state index contributed by atoms with van der Waals surface area (Å²) < 4.78 is 16.2. The lowest BCUT2D eigenvalue weighted by atomic mass is 10.1. The Hall–Kier alpha value is -3.09. The molecule has 0 bridgehead atoms. The number of aromatic nitrogens is 3. The van der Waals surface area contributed by atoms with Gasteiger partial charge < -0.3 is 14.2 Å². The van der Waals surface area contributed by atoms with E-state index in [0.717, 1.165) is 12.1 Å². The van der Waals surface area contributed by atoms with E-state index in [4.69, 9.17) is 14.2 Å². The summed E-state index contributed by atoms with van der Waals surface area (Å²) >= 11 is 0. The van der Waals surface area contributed by atoms with Gasteiger partial charge in [0.05, 0.1) is 32.1 Å². The molecule has 0 aliphatic carbocycles. The number of fused-ring (bicyclic) bond motifs is 1. The van der Waals surface area contributed by atoms with Gasteiger partial charge in [-0.2, -0.15) is 4.80 Å². The maximum absolute atomic E-state index is 11.7. The van der Waals surface area contributed by atoms with Crippen LogP contribution in [0.3, 0.4) is 0 Å². The van der Waals surface area contributed by atoms with E-state index in [0.29, 0.717) is 34.7 Å². The quantitative estimate of drug-likeness (QED) is 0.328. The molecular weight excluding hydrogens is 382 g/mol. The van der Waals surface area contributed by atoms with Crippen molar-refractivity contribution >= 4 is 17.0 Å². The fourth-order valence-corrected chi connectivity index (χ4v) is 3.24. The van der Waals surface area contributed by atoms with E-state index in [2.05, 4.69) is 17.1 Å². The van der Waals surface area contributed by atoms with E-state index in [1.807, 2.05) is 18.2 Å². The molecule has 2 aromatic carbocycles. The Balaban J connectivity index is 1.68. The first kappa shape index (κ1) is 21.6. The Kier molecular flexibility index (Phi) is 7.65. The maximum Gasteiger partial charge on any atom is 0.337 e. The number of esters is 1. The van der Waals surface area contributed by atoms with Crippen LogP contribution in [-0.2, 0) is 4.74 Å². The molecule has 160 valence electrons. The fraction of sp³-hybridized carbons (Fsp3) is 0.435. The second-order valence-electron chi connectivity index (χ2n) is 7.14. The third-order valence-corrected chi connectivity index (χ3v) is 4.94. The average Bonchev–Trinajstić information content (AvgIpc) is 3.21. The molecule has 0 unspecified atom stereocenters. The van der Waals surface area contributed by atoms with Crippen molar-refractivity contribution in [2.75, 3.05) is 20.8 Å². The highest BCUT2D eigenvalue weighted by molar-refractivity contribution is 5.93. The van der Waals surface area contributed by atoms with E-state index < -0.39 is 5.97 Å². The molecule has 0 saturated heterocycles. The molecule has 3 aromatic rings. The van der Waals surface area contributed by atoms with E-state index in [1.165, 1.54) is 44.0 Å². The highest BCUT2D eigenvalue weighted by atomic mass is 16.5. The molecule has 0 saturated carbocycles. The number of hydrogen-bond donors (Lipinski definition) is 0. The predicted octanol–water partition coefficient (Wildman–Crippen LogP) is 4.96. The molecule has 0 N–H and O–H groups in total. The van der Waals surface area contributed by atoms with Crippen molar-refractivity contribution < 1.29 is 19.0 Å². The van der Waals surface area contributed by atoms with E-state index in [9.17, 15) is 4.79 Å². The zero-order chi connectivity index (χ0) is 21.3. The number of carbonyl (C=O) groups excluding carboxylic acids is 1. The van der Waals surface area contributed by atoms with Crippen molar-refractivity contribution in [3.05, 3.63) is 42.0 Å². The van der Waals surface area contributed by atoms with Crippen LogP contribution in [0.1, 0.15) is 55.8 Å². The van der Waals surface area contributed by atoms with Gasteiger partial charge in [-0.15, -0.1) is 10.2 Å². The molecule has 0 atom stereocenters. The number of benzene rings is 2. The molecule has 0 spiro atoms. The van der Waals surface area contributed by atoms with Gasteiger partial charge in [-0.25, -0.2) is 4.79 Å². The standard InChI is InChI=1S/C23H29N3O4/c1-4-5-6-7-8-9-14-30-21-13-11-18(16-22(21)28-2)26-24-19-12-10-17(23(27)29-3)15-20(19)25-26/h10-13,15-16H,4-9,14H2,1-3H3. The fourth-order valence-electron chi connectivity index (χ4n) is 3.24. The highest BCUT2D eigenvalue weighted by Crippen LogP contribution is 2.30. The van der Waals surface area contributed by atoms with Gasteiger partial charge in [-0.05, 0) is 36.8 Å². The monoisotopic (exact) mass is 411 g/mol. The first-order chi connectivity index (χ1) is 14.7. The third-order valence-electron chi connectivity index (χ3n) is 4.94. The van der Waals surface area contributed by atoms with E-state index >= 15 is 0 Å². The Bertz CT molecular complexity index is 984. The van der Waals surface area contributed by atoms with Crippen LogP contribution in [0.4, 0.5) is 0 Å². The first-order valence-electron chi connectivity index (χ1n) is 10.4. The molecule has 1 heterocycles. The van der Waals surface area contributed by atoms with Gasteiger partial charge in [0.25, 0.3) is 0 Å². The highest BCUT2D eigenvalue weighted by Gasteiger charge is 2.12. The topological polar surface area (TPSA) is 75.5 Å². The van der Waals surface area contributed by atoms with Crippen molar-refractivity contribution in [1.82, 2.24) is 15.0 Å². The summed E-state index contributed by atoms with van der Waals surface area (Å²) in [5.41, 5.74) is 2.48. The minimum absolute atomic E-state index is 0.403. The summed E-state index contributed by atoms with van der Waals surface area (Å²) in [6.45, 7) is 2.89. The SMILES string of the molecule is CCCCCCCCOc1ccc(-n2nc3ccc(C(=O)OC)cc3n2)cc1OC. The van der Waals surface area contributed by atoms with Crippen LogP contribution in [0, 0.1) is 0 Å². The Labute approximate surface area is 176 Å². The summed E-state index contributed by atoms with van der Waals surface area (Å²) in [6.07, 6.45) is 7.31. The molecule has 0 fully saturated rings. The lowest BCUT2D eigenvalue weighted by molar-refractivity contribution is 0.0601. The summed E-state index contributed by atoms with van der Waals surface area (Å²) in [5, 5.41) is 8.96. The second-order valence-corrected chi connectivity index (χ2v) is 7.14. The molecule has 30 heavy (non-hydrogen) atoms. The van der Waals surface area contributed by atoms with E-state index in [-0.39, 0.29) is 0 Å². The van der Waals surface area contributed by atoms with E-state index in [1.54, 1.807) is 25.3 Å². The third kappa shape index (κ3) is 5.28.